The molecule has 1 saturated heterocycles. The van der Waals surface area contributed by atoms with Gasteiger partial charge in [0.25, 0.3) is 0 Å². The summed E-state index contributed by atoms with van der Waals surface area (Å²) in [5.41, 5.74) is -0.434. The molecular formula is C14H18F3NO2. The van der Waals surface area contributed by atoms with E-state index in [1.165, 1.54) is 6.07 Å². The number of hydrogen-bond acceptors (Lipinski definition) is 3. The van der Waals surface area contributed by atoms with Gasteiger partial charge in [-0.15, -0.1) is 0 Å². The predicted octanol–water partition coefficient (Wildman–Crippen LogP) is 2.40. The lowest BCUT2D eigenvalue weighted by molar-refractivity contribution is -0.138. The first-order chi connectivity index (χ1) is 9.32. The number of anilines is 1. The number of benzene rings is 1. The van der Waals surface area contributed by atoms with Gasteiger partial charge in [-0.25, -0.2) is 0 Å². The van der Waals surface area contributed by atoms with Crippen molar-refractivity contribution in [3.8, 4) is 0 Å². The van der Waals surface area contributed by atoms with Gasteiger partial charge in [-0.05, 0) is 30.0 Å². The highest BCUT2D eigenvalue weighted by Gasteiger charge is 2.34. The Labute approximate surface area is 115 Å². The van der Waals surface area contributed by atoms with Gasteiger partial charge in [0.15, 0.2) is 0 Å². The molecule has 2 atom stereocenters. The first-order valence-corrected chi connectivity index (χ1v) is 6.57. The molecule has 0 amide bonds. The summed E-state index contributed by atoms with van der Waals surface area (Å²) in [6.07, 6.45) is -4.33. The van der Waals surface area contributed by atoms with E-state index in [2.05, 4.69) is 0 Å². The zero-order valence-electron chi connectivity index (χ0n) is 11.2. The Morgan fingerprint density at radius 1 is 1.35 bits per heavy atom. The fraction of sp³-hybridized carbons (Fsp3) is 0.571. The summed E-state index contributed by atoms with van der Waals surface area (Å²) in [6.45, 7) is 2.30. The number of halogens is 3. The number of rotatable bonds is 2. The summed E-state index contributed by atoms with van der Waals surface area (Å²) in [5, 5.41) is 18.7. The third kappa shape index (κ3) is 3.07. The maximum atomic E-state index is 13.0. The lowest BCUT2D eigenvalue weighted by Gasteiger charge is -2.36. The second-order valence-electron chi connectivity index (χ2n) is 5.28. The average Bonchev–Trinajstić information content (AvgIpc) is 2.40. The normalized spacial score (nSPS) is 24.0. The third-order valence-electron chi connectivity index (χ3n) is 3.79. The molecule has 0 aromatic heterocycles. The second kappa shape index (κ2) is 5.61. The van der Waals surface area contributed by atoms with Crippen LogP contribution in [0.2, 0.25) is 0 Å². The summed E-state index contributed by atoms with van der Waals surface area (Å²) in [5.74, 6) is 0.0237. The van der Waals surface area contributed by atoms with Crippen molar-refractivity contribution in [2.45, 2.75) is 32.2 Å². The Hall–Kier alpha value is -1.27. The molecule has 2 N–H and O–H groups in total. The number of aliphatic hydroxyl groups is 2. The van der Waals surface area contributed by atoms with Crippen molar-refractivity contribution in [3.05, 3.63) is 29.3 Å². The van der Waals surface area contributed by atoms with E-state index < -0.39 is 24.5 Å². The van der Waals surface area contributed by atoms with Crippen LogP contribution < -0.4 is 4.90 Å². The molecule has 1 aliphatic rings. The number of aliphatic hydroxyl groups excluding tert-OH is 2. The Morgan fingerprint density at radius 3 is 2.60 bits per heavy atom. The van der Waals surface area contributed by atoms with Crippen LogP contribution in [0.5, 0.6) is 0 Å². The molecule has 3 nitrogen and oxygen atoms in total. The lowest BCUT2D eigenvalue weighted by Crippen LogP contribution is -2.42. The van der Waals surface area contributed by atoms with Crippen LogP contribution in [0.15, 0.2) is 18.2 Å². The van der Waals surface area contributed by atoms with E-state index in [1.807, 2.05) is 11.8 Å². The molecule has 1 aliphatic heterocycles. The van der Waals surface area contributed by atoms with Crippen LogP contribution in [0.4, 0.5) is 18.9 Å². The molecule has 112 valence electrons. The van der Waals surface area contributed by atoms with Gasteiger partial charge in [0.05, 0.1) is 18.3 Å². The number of nitrogens with zero attached hydrogens (tertiary/aromatic N) is 1. The smallest absolute Gasteiger partial charge is 0.393 e. The molecule has 1 aromatic rings. The summed E-state index contributed by atoms with van der Waals surface area (Å²) < 4.78 is 38.9. The monoisotopic (exact) mass is 289 g/mol. The minimum absolute atomic E-state index is 0.0237. The van der Waals surface area contributed by atoms with Crippen molar-refractivity contribution < 1.29 is 23.4 Å². The van der Waals surface area contributed by atoms with Crippen molar-refractivity contribution in [1.29, 1.82) is 0 Å². The van der Waals surface area contributed by atoms with Crippen molar-refractivity contribution >= 4 is 5.69 Å². The van der Waals surface area contributed by atoms with E-state index >= 15 is 0 Å². The van der Waals surface area contributed by atoms with Crippen LogP contribution in [-0.4, -0.2) is 29.4 Å². The van der Waals surface area contributed by atoms with Gasteiger partial charge in [0.1, 0.15) is 0 Å². The highest BCUT2D eigenvalue weighted by Crippen LogP contribution is 2.35. The van der Waals surface area contributed by atoms with E-state index in [1.54, 1.807) is 6.07 Å². The van der Waals surface area contributed by atoms with Gasteiger partial charge in [-0.1, -0.05) is 13.0 Å². The minimum Gasteiger partial charge on any atom is -0.393 e. The quantitative estimate of drug-likeness (QED) is 0.878. The van der Waals surface area contributed by atoms with Gasteiger partial charge in [-0.2, -0.15) is 13.2 Å². The van der Waals surface area contributed by atoms with E-state index in [4.69, 9.17) is 5.11 Å². The highest BCUT2D eigenvalue weighted by atomic mass is 19.4. The molecule has 0 saturated carbocycles. The molecule has 2 unspecified atom stereocenters. The second-order valence-corrected chi connectivity index (χ2v) is 5.28. The molecular weight excluding hydrogens is 271 g/mol. The Morgan fingerprint density at radius 2 is 2.05 bits per heavy atom. The third-order valence-corrected chi connectivity index (χ3v) is 3.79. The average molecular weight is 289 g/mol. The van der Waals surface area contributed by atoms with E-state index in [0.29, 0.717) is 25.2 Å². The van der Waals surface area contributed by atoms with E-state index in [-0.39, 0.29) is 11.5 Å². The zero-order valence-corrected chi connectivity index (χ0v) is 11.2. The van der Waals surface area contributed by atoms with Gasteiger partial charge in [0.2, 0.25) is 0 Å². The fourth-order valence-electron chi connectivity index (χ4n) is 2.53. The van der Waals surface area contributed by atoms with Gasteiger partial charge in [-0.3, -0.25) is 0 Å². The van der Waals surface area contributed by atoms with Gasteiger partial charge in [0, 0.05) is 18.8 Å². The Balaban J connectivity index is 2.30. The molecule has 6 heteroatoms. The maximum absolute atomic E-state index is 13.0. The molecule has 0 spiro atoms. The molecule has 2 rings (SSSR count). The van der Waals surface area contributed by atoms with E-state index in [9.17, 15) is 18.3 Å². The summed E-state index contributed by atoms with van der Waals surface area (Å²) in [7, 11) is 0. The van der Waals surface area contributed by atoms with Crippen LogP contribution in [0, 0.1) is 5.92 Å². The molecule has 0 radical (unpaired) electrons. The standard InChI is InChI=1S/C14H18F3NO2/c1-9-7-18(5-4-13(9)20)11-3-2-10(8-19)12(6-11)14(15,16)17/h2-3,6,9,13,19-20H,4-5,7-8H2,1H3. The largest absolute Gasteiger partial charge is 0.416 e. The number of piperidine rings is 1. The van der Waals surface area contributed by atoms with Crippen molar-refractivity contribution in [1.82, 2.24) is 0 Å². The van der Waals surface area contributed by atoms with Gasteiger partial charge >= 0.3 is 6.18 Å². The van der Waals surface area contributed by atoms with Crippen LogP contribution in [0.25, 0.3) is 0 Å². The predicted molar refractivity (Wildman–Crippen MR) is 69.4 cm³/mol. The summed E-state index contributed by atoms with van der Waals surface area (Å²) >= 11 is 0. The molecule has 1 heterocycles. The Bertz CT molecular complexity index is 476. The summed E-state index contributed by atoms with van der Waals surface area (Å²) in [4.78, 5) is 1.84. The van der Waals surface area contributed by atoms with Crippen LogP contribution in [0.1, 0.15) is 24.5 Å². The molecule has 1 aromatic carbocycles. The molecule has 0 aliphatic carbocycles. The first kappa shape index (κ1) is 15.1. The fourth-order valence-corrected chi connectivity index (χ4v) is 2.53. The number of hydrogen-bond donors (Lipinski definition) is 2. The maximum Gasteiger partial charge on any atom is 0.416 e. The van der Waals surface area contributed by atoms with Crippen LogP contribution >= 0.6 is 0 Å². The molecule has 1 fully saturated rings. The molecule has 0 bridgehead atoms. The van der Waals surface area contributed by atoms with Crippen LogP contribution in [0.3, 0.4) is 0 Å². The Kier molecular flexibility index (Phi) is 4.25. The number of alkyl halides is 3. The summed E-state index contributed by atoms with van der Waals surface area (Å²) in [6, 6.07) is 3.98. The first-order valence-electron chi connectivity index (χ1n) is 6.57. The topological polar surface area (TPSA) is 43.7 Å². The SMILES string of the molecule is CC1CN(c2ccc(CO)c(C(F)(F)F)c2)CCC1O. The van der Waals surface area contributed by atoms with Crippen molar-refractivity contribution in [2.24, 2.45) is 5.92 Å². The van der Waals surface area contributed by atoms with Crippen LogP contribution in [-0.2, 0) is 12.8 Å². The van der Waals surface area contributed by atoms with E-state index in [0.717, 1.165) is 6.07 Å². The van der Waals surface area contributed by atoms with Crippen molar-refractivity contribution in [2.75, 3.05) is 18.0 Å². The zero-order chi connectivity index (χ0) is 14.9. The van der Waals surface area contributed by atoms with Gasteiger partial charge < -0.3 is 15.1 Å². The molecule has 20 heavy (non-hydrogen) atoms. The highest BCUT2D eigenvalue weighted by molar-refractivity contribution is 5.52. The minimum atomic E-state index is -4.48. The lowest BCUT2D eigenvalue weighted by atomic mass is 9.95. The van der Waals surface area contributed by atoms with Crippen molar-refractivity contribution in [3.63, 3.8) is 0 Å².